The van der Waals surface area contributed by atoms with Crippen LogP contribution in [0.4, 0.5) is 0 Å². The average molecular weight is 411 g/mol. The third-order valence-electron chi connectivity index (χ3n) is 10.6. The maximum Gasteiger partial charge on any atom is 0.0633 e. The molecule has 4 aliphatic rings. The van der Waals surface area contributed by atoms with Crippen molar-refractivity contribution in [1.82, 2.24) is 0 Å². The minimum absolute atomic E-state index is 0.0575. The van der Waals surface area contributed by atoms with Crippen LogP contribution in [0.25, 0.3) is 0 Å². The van der Waals surface area contributed by atoms with E-state index >= 15 is 0 Å². The molecule has 168 valence electrons. The normalized spacial score (nSPS) is 45.3. The lowest BCUT2D eigenvalue weighted by Gasteiger charge is -2.59. The van der Waals surface area contributed by atoms with Crippen LogP contribution in [0.3, 0.4) is 0 Å². The summed E-state index contributed by atoms with van der Waals surface area (Å²) in [5.74, 6) is 4.30. The molecule has 3 fully saturated rings. The summed E-state index contributed by atoms with van der Waals surface area (Å²) in [6.45, 7) is 16.2. The molecule has 0 heterocycles. The molecule has 0 aromatic heterocycles. The summed E-state index contributed by atoms with van der Waals surface area (Å²) in [6, 6.07) is 0. The van der Waals surface area contributed by atoms with Gasteiger partial charge in [-0.05, 0) is 106 Å². The molecule has 30 heavy (non-hydrogen) atoms. The van der Waals surface area contributed by atoms with E-state index in [9.17, 15) is 5.11 Å². The average Bonchev–Trinajstić information content (AvgIpc) is 3.06. The molecule has 4 aliphatic carbocycles. The lowest BCUT2D eigenvalue weighted by molar-refractivity contribution is -0.0913. The van der Waals surface area contributed by atoms with Gasteiger partial charge in [0, 0.05) is 5.41 Å². The van der Waals surface area contributed by atoms with E-state index in [0.29, 0.717) is 23.2 Å². The smallest absolute Gasteiger partial charge is 0.0633 e. The van der Waals surface area contributed by atoms with Gasteiger partial charge in [0.2, 0.25) is 0 Å². The fraction of sp³-hybridized carbons (Fsp3) is 0.793. The predicted octanol–water partition coefficient (Wildman–Crippen LogP) is 7.72. The lowest BCUT2D eigenvalue weighted by atomic mass is 9.46. The number of fused-ring (bicyclic) bond motifs is 5. The Morgan fingerprint density at radius 1 is 1.20 bits per heavy atom. The number of allylic oxidation sites excluding steroid dienone is 4. The zero-order valence-electron chi connectivity index (χ0n) is 20.3. The van der Waals surface area contributed by atoms with Crippen LogP contribution in [0, 0.1) is 46.3 Å². The molecule has 2 unspecified atom stereocenters. The van der Waals surface area contributed by atoms with Gasteiger partial charge in [-0.1, -0.05) is 63.6 Å². The Balaban J connectivity index is 1.55. The Labute approximate surface area is 186 Å². The van der Waals surface area contributed by atoms with Gasteiger partial charge in [-0.2, -0.15) is 0 Å². The van der Waals surface area contributed by atoms with E-state index in [0.717, 1.165) is 30.6 Å². The van der Waals surface area contributed by atoms with Crippen LogP contribution in [0.2, 0.25) is 0 Å². The molecule has 1 nitrogen and oxygen atoms in total. The zero-order valence-corrected chi connectivity index (χ0v) is 20.3. The number of aliphatic hydroxyl groups excluding tert-OH is 1. The van der Waals surface area contributed by atoms with E-state index in [1.807, 2.05) is 0 Å². The quantitative estimate of drug-likeness (QED) is 0.460. The second-order valence-electron chi connectivity index (χ2n) is 11.9. The highest BCUT2D eigenvalue weighted by atomic mass is 16.3. The van der Waals surface area contributed by atoms with Crippen molar-refractivity contribution in [1.29, 1.82) is 0 Å². The maximum absolute atomic E-state index is 11.1. The molecule has 0 saturated heterocycles. The summed E-state index contributed by atoms with van der Waals surface area (Å²) in [6.07, 6.45) is 18.7. The highest BCUT2D eigenvalue weighted by molar-refractivity contribution is 5.26. The summed E-state index contributed by atoms with van der Waals surface area (Å²) >= 11 is 0. The Morgan fingerprint density at radius 2 is 1.97 bits per heavy atom. The summed E-state index contributed by atoms with van der Waals surface area (Å²) in [5, 5.41) is 11.1. The van der Waals surface area contributed by atoms with E-state index in [2.05, 4.69) is 59.4 Å². The lowest BCUT2D eigenvalue weighted by Crippen LogP contribution is -2.54. The number of hydrogen-bond acceptors (Lipinski definition) is 1. The van der Waals surface area contributed by atoms with E-state index in [4.69, 9.17) is 0 Å². The second-order valence-corrected chi connectivity index (χ2v) is 11.9. The first-order chi connectivity index (χ1) is 14.2. The van der Waals surface area contributed by atoms with Gasteiger partial charge in [0.05, 0.1) is 6.10 Å². The van der Waals surface area contributed by atoms with Gasteiger partial charge in [0.25, 0.3) is 0 Å². The Bertz CT molecular complexity index is 716. The van der Waals surface area contributed by atoms with E-state index in [-0.39, 0.29) is 11.5 Å². The standard InChI is InChI=1S/C29H46O/c1-7-21(19(2)3)12-11-20(4)24-15-16-25-23-14-13-22-9-8-10-27(30)29(22,6)26(23)17-18-28(24,25)5/h11-13,20-21,23-27,30H,2,7-10,14-18H2,1,3-6H3/b12-11+/t20-,21?,23+,24-,25+,26+,27?,28-,29+/m1/s1. The van der Waals surface area contributed by atoms with Gasteiger partial charge in [-0.25, -0.2) is 0 Å². The van der Waals surface area contributed by atoms with Gasteiger partial charge < -0.3 is 5.11 Å². The van der Waals surface area contributed by atoms with Gasteiger partial charge in [-0.15, -0.1) is 0 Å². The molecule has 0 bridgehead atoms. The van der Waals surface area contributed by atoms with Crippen LogP contribution in [-0.2, 0) is 0 Å². The van der Waals surface area contributed by atoms with Crippen LogP contribution in [0.5, 0.6) is 0 Å². The molecule has 0 amide bonds. The fourth-order valence-electron chi connectivity index (χ4n) is 8.71. The molecular weight excluding hydrogens is 364 g/mol. The molecule has 4 rings (SSSR count). The van der Waals surface area contributed by atoms with Crippen molar-refractivity contribution in [3.8, 4) is 0 Å². The van der Waals surface area contributed by atoms with Gasteiger partial charge >= 0.3 is 0 Å². The Kier molecular flexibility index (Phi) is 6.17. The van der Waals surface area contributed by atoms with Crippen LogP contribution in [0.15, 0.2) is 36.0 Å². The number of rotatable bonds is 5. The first kappa shape index (κ1) is 22.4. The van der Waals surface area contributed by atoms with Crippen molar-refractivity contribution in [3.63, 3.8) is 0 Å². The summed E-state index contributed by atoms with van der Waals surface area (Å²) < 4.78 is 0. The maximum atomic E-state index is 11.1. The van der Waals surface area contributed by atoms with E-state index in [1.165, 1.54) is 50.5 Å². The fourth-order valence-corrected chi connectivity index (χ4v) is 8.71. The van der Waals surface area contributed by atoms with Crippen molar-refractivity contribution >= 4 is 0 Å². The van der Waals surface area contributed by atoms with Crippen molar-refractivity contribution in [2.24, 2.45) is 46.3 Å². The highest BCUT2D eigenvalue weighted by Gasteiger charge is 2.60. The molecule has 3 saturated carbocycles. The van der Waals surface area contributed by atoms with Crippen molar-refractivity contribution in [2.75, 3.05) is 0 Å². The van der Waals surface area contributed by atoms with Crippen LogP contribution < -0.4 is 0 Å². The van der Waals surface area contributed by atoms with E-state index < -0.39 is 0 Å². The van der Waals surface area contributed by atoms with Gasteiger partial charge in [-0.3, -0.25) is 0 Å². The Hall–Kier alpha value is -0.820. The van der Waals surface area contributed by atoms with E-state index in [1.54, 1.807) is 5.57 Å². The molecule has 0 aromatic rings. The minimum atomic E-state index is -0.123. The SMILES string of the molecule is C=C(C)C(/C=C/[C@@H](C)[C@H]1CC[C@H]2[C@@H]3CC=C4CCCC(O)[C@]4(C)[C@H]3CC[C@]12C)CC. The summed E-state index contributed by atoms with van der Waals surface area (Å²) in [5.41, 5.74) is 3.42. The van der Waals surface area contributed by atoms with Crippen molar-refractivity contribution in [2.45, 2.75) is 98.5 Å². The molecule has 0 aliphatic heterocycles. The van der Waals surface area contributed by atoms with Crippen LogP contribution in [-0.4, -0.2) is 11.2 Å². The monoisotopic (exact) mass is 410 g/mol. The second kappa shape index (κ2) is 8.27. The number of aliphatic hydroxyl groups is 1. The first-order valence-corrected chi connectivity index (χ1v) is 12.9. The molecule has 0 spiro atoms. The third-order valence-corrected chi connectivity index (χ3v) is 10.6. The molecule has 0 aromatic carbocycles. The number of hydrogen-bond donors (Lipinski definition) is 1. The van der Waals surface area contributed by atoms with Gasteiger partial charge in [0.15, 0.2) is 0 Å². The summed E-state index contributed by atoms with van der Waals surface area (Å²) in [4.78, 5) is 0. The molecule has 1 heteroatoms. The topological polar surface area (TPSA) is 20.2 Å². The van der Waals surface area contributed by atoms with Crippen LogP contribution >= 0.6 is 0 Å². The first-order valence-electron chi connectivity index (χ1n) is 12.9. The van der Waals surface area contributed by atoms with Gasteiger partial charge in [0.1, 0.15) is 0 Å². The largest absolute Gasteiger partial charge is 0.392 e. The minimum Gasteiger partial charge on any atom is -0.392 e. The zero-order chi connectivity index (χ0) is 21.7. The molecular formula is C29H46O. The molecule has 9 atom stereocenters. The predicted molar refractivity (Wildman–Crippen MR) is 128 cm³/mol. The summed E-state index contributed by atoms with van der Waals surface area (Å²) in [7, 11) is 0. The van der Waals surface area contributed by atoms with Crippen molar-refractivity contribution in [3.05, 3.63) is 36.0 Å². The Morgan fingerprint density at radius 3 is 2.67 bits per heavy atom. The third kappa shape index (κ3) is 3.39. The van der Waals surface area contributed by atoms with Crippen molar-refractivity contribution < 1.29 is 5.11 Å². The molecule has 0 radical (unpaired) electrons. The van der Waals surface area contributed by atoms with Crippen LogP contribution in [0.1, 0.15) is 92.4 Å². The molecule has 1 N–H and O–H groups in total. The highest BCUT2D eigenvalue weighted by Crippen LogP contribution is 2.67.